The van der Waals surface area contributed by atoms with E-state index in [9.17, 15) is 14.7 Å². The quantitative estimate of drug-likeness (QED) is 0.897. The van der Waals surface area contributed by atoms with Crippen LogP contribution in [-0.2, 0) is 9.53 Å². The van der Waals surface area contributed by atoms with Crippen LogP contribution in [0.4, 0.5) is 0 Å². The fourth-order valence-electron chi connectivity index (χ4n) is 3.12. The van der Waals surface area contributed by atoms with E-state index in [2.05, 4.69) is 0 Å². The largest absolute Gasteiger partial charge is 0.491 e. The zero-order valence-corrected chi connectivity index (χ0v) is 12.9. The van der Waals surface area contributed by atoms with Crippen molar-refractivity contribution >= 4 is 11.9 Å². The van der Waals surface area contributed by atoms with Gasteiger partial charge in [-0.25, -0.2) is 4.79 Å². The normalized spacial score (nSPS) is 23.9. The molecule has 0 aliphatic carbocycles. The minimum absolute atomic E-state index is 0.115. The molecule has 2 atom stereocenters. The van der Waals surface area contributed by atoms with Gasteiger partial charge in [-0.15, -0.1) is 0 Å². The van der Waals surface area contributed by atoms with Crippen LogP contribution in [0.3, 0.4) is 0 Å². The van der Waals surface area contributed by atoms with E-state index < -0.39 is 12.0 Å². The minimum Gasteiger partial charge on any atom is -0.491 e. The Morgan fingerprint density at radius 2 is 2.17 bits per heavy atom. The topological polar surface area (TPSA) is 76.1 Å². The van der Waals surface area contributed by atoms with Crippen molar-refractivity contribution in [1.29, 1.82) is 0 Å². The fraction of sp³-hybridized carbons (Fsp3) is 0.529. The van der Waals surface area contributed by atoms with Gasteiger partial charge in [-0.05, 0) is 43.9 Å². The third kappa shape index (κ3) is 3.64. The number of nitrogens with zero attached hydrogens (tertiary/aromatic N) is 1. The predicted molar refractivity (Wildman–Crippen MR) is 82.6 cm³/mol. The molecule has 1 N–H and O–H groups in total. The number of rotatable bonds is 5. The molecule has 2 aliphatic rings. The van der Waals surface area contributed by atoms with Crippen molar-refractivity contribution in [1.82, 2.24) is 4.90 Å². The second-order valence-corrected chi connectivity index (χ2v) is 5.97. The van der Waals surface area contributed by atoms with Crippen LogP contribution in [0.1, 0.15) is 36.0 Å². The fourth-order valence-corrected chi connectivity index (χ4v) is 3.12. The average Bonchev–Trinajstić information content (AvgIpc) is 3.23. The number of carboxylic acids is 1. The zero-order valence-electron chi connectivity index (χ0n) is 12.9. The van der Waals surface area contributed by atoms with Gasteiger partial charge in [-0.1, -0.05) is 6.07 Å². The SMILES string of the molecule is O=C(O)[C@H]1CCCN1C(=O)c1cccc(OC[C@@H]2CCCO2)c1. The molecule has 3 rings (SSSR count). The summed E-state index contributed by atoms with van der Waals surface area (Å²) in [6.45, 7) is 1.73. The Hall–Kier alpha value is -2.08. The molecular weight excluding hydrogens is 298 g/mol. The summed E-state index contributed by atoms with van der Waals surface area (Å²) in [6, 6.07) is 6.19. The average molecular weight is 319 g/mol. The number of hydrogen-bond acceptors (Lipinski definition) is 4. The van der Waals surface area contributed by atoms with E-state index in [1.165, 1.54) is 4.90 Å². The lowest BCUT2D eigenvalue weighted by Crippen LogP contribution is -2.40. The first-order chi connectivity index (χ1) is 11.1. The number of carboxylic acid groups (broad SMARTS) is 1. The van der Waals surface area contributed by atoms with Crippen molar-refractivity contribution in [3.8, 4) is 5.75 Å². The second-order valence-electron chi connectivity index (χ2n) is 5.97. The van der Waals surface area contributed by atoms with Crippen LogP contribution in [-0.4, -0.2) is 53.8 Å². The van der Waals surface area contributed by atoms with Gasteiger partial charge in [-0.3, -0.25) is 4.79 Å². The van der Waals surface area contributed by atoms with Crippen molar-refractivity contribution in [2.45, 2.75) is 37.8 Å². The predicted octanol–water partition coefficient (Wildman–Crippen LogP) is 1.93. The summed E-state index contributed by atoms with van der Waals surface area (Å²) in [5.74, 6) is -0.587. The van der Waals surface area contributed by atoms with E-state index >= 15 is 0 Å². The maximum atomic E-state index is 12.6. The molecule has 124 valence electrons. The molecule has 0 bridgehead atoms. The first-order valence-corrected chi connectivity index (χ1v) is 8.03. The Morgan fingerprint density at radius 3 is 2.91 bits per heavy atom. The number of benzene rings is 1. The Bertz CT molecular complexity index is 582. The van der Waals surface area contributed by atoms with Crippen LogP contribution in [0, 0.1) is 0 Å². The maximum Gasteiger partial charge on any atom is 0.326 e. The summed E-state index contributed by atoms with van der Waals surface area (Å²) in [5.41, 5.74) is 0.461. The first-order valence-electron chi connectivity index (χ1n) is 8.03. The molecule has 2 saturated heterocycles. The lowest BCUT2D eigenvalue weighted by atomic mass is 10.1. The standard InChI is InChI=1S/C17H21NO5/c19-16(18-8-2-7-15(18)17(20)21)12-4-1-5-13(10-12)23-11-14-6-3-9-22-14/h1,4-5,10,14-15H,2-3,6-9,11H2,(H,20,21)/t14-,15+/m0/s1. The number of likely N-dealkylation sites (tertiary alicyclic amines) is 1. The first kappa shape index (κ1) is 15.8. The van der Waals surface area contributed by atoms with Gasteiger partial charge in [0, 0.05) is 18.7 Å². The van der Waals surface area contributed by atoms with Crippen LogP contribution < -0.4 is 4.74 Å². The van der Waals surface area contributed by atoms with Crippen LogP contribution in [0.2, 0.25) is 0 Å². The molecule has 2 aliphatic heterocycles. The van der Waals surface area contributed by atoms with E-state index in [1.54, 1.807) is 24.3 Å². The van der Waals surface area contributed by atoms with Gasteiger partial charge in [0.1, 0.15) is 18.4 Å². The zero-order chi connectivity index (χ0) is 16.2. The Labute approximate surface area is 135 Å². The lowest BCUT2D eigenvalue weighted by Gasteiger charge is -2.21. The molecule has 6 heteroatoms. The summed E-state index contributed by atoms with van der Waals surface area (Å²) in [4.78, 5) is 25.2. The highest BCUT2D eigenvalue weighted by Crippen LogP contribution is 2.23. The molecule has 0 spiro atoms. The van der Waals surface area contributed by atoms with E-state index in [0.29, 0.717) is 30.9 Å². The van der Waals surface area contributed by atoms with Crippen LogP contribution >= 0.6 is 0 Å². The molecule has 6 nitrogen and oxygen atoms in total. The molecule has 1 amide bonds. The number of amides is 1. The highest BCUT2D eigenvalue weighted by atomic mass is 16.5. The Balaban J connectivity index is 1.66. The van der Waals surface area contributed by atoms with Gasteiger partial charge in [0.05, 0.1) is 6.10 Å². The molecular formula is C17H21NO5. The number of carbonyl (C=O) groups excluding carboxylic acids is 1. The van der Waals surface area contributed by atoms with Gasteiger partial charge in [0.15, 0.2) is 0 Å². The molecule has 0 aromatic heterocycles. The molecule has 1 aromatic carbocycles. The van der Waals surface area contributed by atoms with Crippen LogP contribution in [0.25, 0.3) is 0 Å². The van der Waals surface area contributed by atoms with Crippen molar-refractivity contribution in [3.05, 3.63) is 29.8 Å². The van der Waals surface area contributed by atoms with Crippen molar-refractivity contribution in [3.63, 3.8) is 0 Å². The maximum absolute atomic E-state index is 12.6. The summed E-state index contributed by atoms with van der Waals surface area (Å²) in [6.07, 6.45) is 3.39. The van der Waals surface area contributed by atoms with E-state index in [1.807, 2.05) is 0 Å². The molecule has 0 radical (unpaired) electrons. The highest BCUT2D eigenvalue weighted by molar-refractivity contribution is 5.97. The van der Waals surface area contributed by atoms with E-state index in [4.69, 9.17) is 9.47 Å². The number of ether oxygens (including phenoxy) is 2. The summed E-state index contributed by atoms with van der Waals surface area (Å²) in [5, 5.41) is 9.21. The van der Waals surface area contributed by atoms with Crippen molar-refractivity contribution in [2.75, 3.05) is 19.8 Å². The second kappa shape index (κ2) is 7.00. The lowest BCUT2D eigenvalue weighted by molar-refractivity contribution is -0.141. The molecule has 23 heavy (non-hydrogen) atoms. The monoisotopic (exact) mass is 319 g/mol. The van der Waals surface area contributed by atoms with Gasteiger partial charge >= 0.3 is 5.97 Å². The van der Waals surface area contributed by atoms with Crippen LogP contribution in [0.15, 0.2) is 24.3 Å². The number of hydrogen-bond donors (Lipinski definition) is 1. The summed E-state index contributed by atoms with van der Waals surface area (Å²) >= 11 is 0. The Kier molecular flexibility index (Phi) is 4.81. The van der Waals surface area contributed by atoms with Crippen LogP contribution in [0.5, 0.6) is 5.75 Å². The molecule has 2 heterocycles. The molecule has 0 saturated carbocycles. The smallest absolute Gasteiger partial charge is 0.326 e. The van der Waals surface area contributed by atoms with E-state index in [-0.39, 0.29) is 12.0 Å². The molecule has 0 unspecified atom stereocenters. The molecule has 1 aromatic rings. The number of carbonyl (C=O) groups is 2. The summed E-state index contributed by atoms with van der Waals surface area (Å²) in [7, 11) is 0. The van der Waals surface area contributed by atoms with Gasteiger partial charge in [0.25, 0.3) is 5.91 Å². The molecule has 2 fully saturated rings. The Morgan fingerprint density at radius 1 is 1.30 bits per heavy atom. The van der Waals surface area contributed by atoms with Gasteiger partial charge in [0.2, 0.25) is 0 Å². The van der Waals surface area contributed by atoms with Crippen molar-refractivity contribution < 1.29 is 24.2 Å². The van der Waals surface area contributed by atoms with E-state index in [0.717, 1.165) is 25.9 Å². The summed E-state index contributed by atoms with van der Waals surface area (Å²) < 4.78 is 11.2. The van der Waals surface area contributed by atoms with Gasteiger partial charge < -0.3 is 19.5 Å². The number of aliphatic carboxylic acids is 1. The van der Waals surface area contributed by atoms with Gasteiger partial charge in [-0.2, -0.15) is 0 Å². The third-order valence-electron chi connectivity index (χ3n) is 4.34. The third-order valence-corrected chi connectivity index (χ3v) is 4.34. The minimum atomic E-state index is -0.943. The highest BCUT2D eigenvalue weighted by Gasteiger charge is 2.34. The van der Waals surface area contributed by atoms with Crippen molar-refractivity contribution in [2.24, 2.45) is 0 Å².